The van der Waals surface area contributed by atoms with Gasteiger partial charge in [-0.15, -0.1) is 0 Å². The number of nitrogens with one attached hydrogen (secondary N) is 3. The van der Waals surface area contributed by atoms with Crippen LogP contribution >= 0.6 is 0 Å². The minimum atomic E-state index is -0.701. The maximum Gasteiger partial charge on any atom is 0.325 e. The van der Waals surface area contributed by atoms with Gasteiger partial charge in [0.05, 0.1) is 6.54 Å². The highest BCUT2D eigenvalue weighted by Crippen LogP contribution is 2.19. The van der Waals surface area contributed by atoms with Crippen molar-refractivity contribution in [3.8, 4) is 11.4 Å². The second kappa shape index (κ2) is 8.56. The Hall–Kier alpha value is -4.01. The molecule has 3 N–H and O–H groups in total. The molecule has 0 radical (unpaired) electrons. The molecule has 4 rings (SSSR count). The molecule has 1 aromatic heterocycles. The number of H-pyrrole nitrogens is 1. The number of imide groups is 1. The first-order valence-corrected chi connectivity index (χ1v) is 9.51. The van der Waals surface area contributed by atoms with Crippen LogP contribution in [0.25, 0.3) is 11.4 Å². The van der Waals surface area contributed by atoms with Crippen LogP contribution in [0.15, 0.2) is 60.9 Å². The summed E-state index contributed by atoms with van der Waals surface area (Å²) in [4.78, 5) is 42.3. The Morgan fingerprint density at radius 2 is 1.93 bits per heavy atom. The van der Waals surface area contributed by atoms with E-state index in [1.807, 2.05) is 36.4 Å². The van der Waals surface area contributed by atoms with Crippen molar-refractivity contribution in [3.05, 3.63) is 66.5 Å². The van der Waals surface area contributed by atoms with E-state index in [0.717, 1.165) is 11.1 Å². The van der Waals surface area contributed by atoms with Gasteiger partial charge in [0.15, 0.2) is 5.82 Å². The molecule has 1 fully saturated rings. The molecule has 1 aliphatic rings. The monoisotopic (exact) mass is 404 g/mol. The van der Waals surface area contributed by atoms with Crippen molar-refractivity contribution in [3.63, 3.8) is 0 Å². The Kier molecular flexibility index (Phi) is 5.51. The van der Waals surface area contributed by atoms with Gasteiger partial charge in [-0.1, -0.05) is 42.5 Å². The number of hydrogen-bond donors (Lipinski definition) is 3. The molecule has 9 nitrogen and oxygen atoms in total. The summed E-state index contributed by atoms with van der Waals surface area (Å²) in [6.45, 7) is 0.211. The first kappa shape index (κ1) is 19.3. The Labute approximate surface area is 172 Å². The van der Waals surface area contributed by atoms with E-state index in [2.05, 4.69) is 25.8 Å². The summed E-state index contributed by atoms with van der Waals surface area (Å²) in [5.74, 6) is 0.0427. The average molecular weight is 404 g/mol. The number of anilines is 1. The van der Waals surface area contributed by atoms with Crippen molar-refractivity contribution < 1.29 is 14.4 Å². The van der Waals surface area contributed by atoms with Gasteiger partial charge in [0, 0.05) is 17.7 Å². The van der Waals surface area contributed by atoms with E-state index >= 15 is 0 Å². The van der Waals surface area contributed by atoms with E-state index in [0.29, 0.717) is 11.5 Å². The highest BCUT2D eigenvalue weighted by molar-refractivity contribution is 6.04. The number of carbonyl (C=O) groups is 3. The third-order valence-corrected chi connectivity index (χ3v) is 4.79. The van der Waals surface area contributed by atoms with Gasteiger partial charge in [-0.3, -0.25) is 19.6 Å². The maximum absolute atomic E-state index is 12.6. The average Bonchev–Trinajstić information content (AvgIpc) is 3.38. The van der Waals surface area contributed by atoms with Crippen molar-refractivity contribution in [1.29, 1.82) is 0 Å². The lowest BCUT2D eigenvalue weighted by molar-refractivity contribution is -0.128. The van der Waals surface area contributed by atoms with Crippen LogP contribution in [0.4, 0.5) is 10.5 Å². The third-order valence-electron chi connectivity index (χ3n) is 4.79. The summed E-state index contributed by atoms with van der Waals surface area (Å²) in [5.41, 5.74) is 2.27. The van der Waals surface area contributed by atoms with Crippen molar-refractivity contribution in [2.24, 2.45) is 0 Å². The zero-order chi connectivity index (χ0) is 20.9. The van der Waals surface area contributed by atoms with E-state index in [1.54, 1.807) is 18.2 Å². The molecular formula is C21H20N6O3. The smallest absolute Gasteiger partial charge is 0.325 e. The molecule has 0 saturated carbocycles. The zero-order valence-electron chi connectivity index (χ0n) is 16.0. The molecule has 1 atom stereocenters. The lowest BCUT2D eigenvalue weighted by Crippen LogP contribution is -2.31. The van der Waals surface area contributed by atoms with Gasteiger partial charge in [-0.2, -0.15) is 5.10 Å². The summed E-state index contributed by atoms with van der Waals surface area (Å²) in [6, 6.07) is 15.4. The highest BCUT2D eigenvalue weighted by Gasteiger charge is 2.37. The van der Waals surface area contributed by atoms with Gasteiger partial charge in [-0.25, -0.2) is 9.78 Å². The topological polar surface area (TPSA) is 120 Å². The Morgan fingerprint density at radius 3 is 2.70 bits per heavy atom. The van der Waals surface area contributed by atoms with E-state index in [4.69, 9.17) is 0 Å². The van der Waals surface area contributed by atoms with Crippen LogP contribution < -0.4 is 10.6 Å². The molecule has 0 spiro atoms. The molecule has 30 heavy (non-hydrogen) atoms. The Morgan fingerprint density at radius 1 is 1.10 bits per heavy atom. The van der Waals surface area contributed by atoms with Gasteiger partial charge in [-0.05, 0) is 24.1 Å². The number of amides is 4. The molecule has 1 saturated heterocycles. The van der Waals surface area contributed by atoms with Crippen LogP contribution in [0.1, 0.15) is 18.4 Å². The van der Waals surface area contributed by atoms with Gasteiger partial charge >= 0.3 is 6.03 Å². The summed E-state index contributed by atoms with van der Waals surface area (Å²) >= 11 is 0. The number of hydrogen-bond acceptors (Lipinski definition) is 5. The Bertz CT molecular complexity index is 1050. The van der Waals surface area contributed by atoms with Crippen LogP contribution in [0, 0.1) is 0 Å². The zero-order valence-corrected chi connectivity index (χ0v) is 16.0. The number of aromatic nitrogens is 3. The van der Waals surface area contributed by atoms with Gasteiger partial charge in [0.2, 0.25) is 5.91 Å². The summed E-state index contributed by atoms with van der Waals surface area (Å²) in [7, 11) is 0. The molecule has 3 aromatic rings. The summed E-state index contributed by atoms with van der Waals surface area (Å²) in [5, 5.41) is 12.1. The van der Waals surface area contributed by atoms with Crippen LogP contribution in [-0.4, -0.2) is 44.0 Å². The fourth-order valence-corrected chi connectivity index (χ4v) is 3.28. The molecule has 4 amide bonds. The number of benzene rings is 2. The first-order chi connectivity index (χ1) is 14.6. The minimum Gasteiger partial charge on any atom is -0.326 e. The second-order valence-electron chi connectivity index (χ2n) is 6.91. The number of rotatable bonds is 7. The minimum absolute atomic E-state index is 0.0996. The fraction of sp³-hybridized carbons (Fsp3) is 0.190. The van der Waals surface area contributed by atoms with Crippen molar-refractivity contribution >= 4 is 23.5 Å². The largest absolute Gasteiger partial charge is 0.326 e. The van der Waals surface area contributed by atoms with E-state index in [1.165, 1.54) is 11.2 Å². The normalized spacial score (nSPS) is 15.9. The first-order valence-electron chi connectivity index (χ1n) is 9.51. The maximum atomic E-state index is 12.6. The number of urea groups is 1. The SMILES string of the molecule is O=C(CCC1NC(=O)N(Cc2ccccc2)C1=O)Nc1cccc(-c2ncn[nH]2)c1. The molecule has 2 heterocycles. The molecule has 2 aromatic carbocycles. The third kappa shape index (κ3) is 4.35. The highest BCUT2D eigenvalue weighted by atomic mass is 16.2. The molecule has 1 aliphatic heterocycles. The summed E-state index contributed by atoms with van der Waals surface area (Å²) < 4.78 is 0. The van der Waals surface area contributed by atoms with Crippen molar-refractivity contribution in [2.45, 2.75) is 25.4 Å². The lowest BCUT2D eigenvalue weighted by atomic mass is 10.1. The van der Waals surface area contributed by atoms with E-state index in [9.17, 15) is 14.4 Å². The van der Waals surface area contributed by atoms with Crippen molar-refractivity contribution in [2.75, 3.05) is 5.32 Å². The molecule has 0 bridgehead atoms. The van der Waals surface area contributed by atoms with E-state index < -0.39 is 12.1 Å². The van der Waals surface area contributed by atoms with Crippen LogP contribution in [0.3, 0.4) is 0 Å². The quantitative estimate of drug-likeness (QED) is 0.522. The lowest BCUT2D eigenvalue weighted by Gasteiger charge is -2.13. The van der Waals surface area contributed by atoms with Crippen LogP contribution in [0.2, 0.25) is 0 Å². The molecule has 0 aliphatic carbocycles. The van der Waals surface area contributed by atoms with Gasteiger partial charge in [0.25, 0.3) is 5.91 Å². The predicted octanol–water partition coefficient (Wildman–Crippen LogP) is 2.31. The second-order valence-corrected chi connectivity index (χ2v) is 6.91. The van der Waals surface area contributed by atoms with Gasteiger partial charge in [0.1, 0.15) is 12.4 Å². The van der Waals surface area contributed by atoms with E-state index in [-0.39, 0.29) is 31.2 Å². The summed E-state index contributed by atoms with van der Waals surface area (Å²) in [6.07, 6.45) is 1.74. The van der Waals surface area contributed by atoms with Crippen LogP contribution in [-0.2, 0) is 16.1 Å². The molecule has 152 valence electrons. The van der Waals surface area contributed by atoms with Crippen LogP contribution in [0.5, 0.6) is 0 Å². The predicted molar refractivity (Wildman–Crippen MR) is 109 cm³/mol. The standard InChI is InChI=1S/C21H20N6O3/c28-18(24-16-8-4-7-15(11-16)19-22-13-23-26-19)10-9-17-20(29)27(21(30)25-17)12-14-5-2-1-3-6-14/h1-8,11,13,17H,9-10,12H2,(H,24,28)(H,25,30)(H,22,23,26). The molecule has 1 unspecified atom stereocenters. The van der Waals surface area contributed by atoms with Crippen molar-refractivity contribution in [1.82, 2.24) is 25.4 Å². The Balaban J connectivity index is 1.31. The molecular weight excluding hydrogens is 384 g/mol. The van der Waals surface area contributed by atoms with Gasteiger partial charge < -0.3 is 10.6 Å². The fourth-order valence-electron chi connectivity index (χ4n) is 3.28. The number of aromatic amines is 1. The number of nitrogens with zero attached hydrogens (tertiary/aromatic N) is 3. The number of carbonyl (C=O) groups excluding carboxylic acids is 3. The molecule has 9 heteroatoms.